The molecule has 60 heavy (non-hydrogen) atoms. The molecular weight excluding hydrogens is 775 g/mol. The number of aliphatic carboxylic acids is 1. The minimum atomic E-state index is -1.12. The van der Waals surface area contributed by atoms with E-state index < -0.39 is 17.4 Å². The number of likely N-dealkylation sites (N-methyl/N-ethyl adjacent to an activating group) is 3. The molecule has 1 atom stereocenters. The fraction of sp³-hybridized carbons (Fsp3) is 0.860. The van der Waals surface area contributed by atoms with Gasteiger partial charge in [0.2, 0.25) is 17.7 Å². The number of carboxylic acid groups (broad SMARTS) is 1. The molecule has 17 heteroatoms. The number of ether oxygens (including phenoxy) is 4. The fourth-order valence-corrected chi connectivity index (χ4v) is 6.17. The molecule has 3 amide bonds. The Balaban J connectivity index is 2.03. The minimum Gasteiger partial charge on any atom is -0.480 e. The number of nitrogens with one attached hydrogen (secondary N) is 1. The number of unbranched alkanes of at least 4 members (excludes halogenated alkanes) is 14. The number of aromatic nitrogens is 4. The Labute approximate surface area is 359 Å². The molecule has 0 aliphatic rings. The summed E-state index contributed by atoms with van der Waals surface area (Å²) in [6, 6.07) is -1.07. The van der Waals surface area contributed by atoms with E-state index >= 15 is 0 Å². The number of tetrazole rings is 1. The van der Waals surface area contributed by atoms with Gasteiger partial charge in [-0.2, -0.15) is 5.21 Å². The van der Waals surface area contributed by atoms with E-state index in [0.717, 1.165) is 44.3 Å². The van der Waals surface area contributed by atoms with E-state index in [4.69, 9.17) is 18.9 Å². The number of carbonyl (C=O) groups excluding carboxylic acids is 4. The van der Waals surface area contributed by atoms with E-state index in [-0.39, 0.29) is 69.4 Å². The summed E-state index contributed by atoms with van der Waals surface area (Å²) < 4.78 is 21.8. The third kappa shape index (κ3) is 28.1. The van der Waals surface area contributed by atoms with Gasteiger partial charge in [-0.25, -0.2) is 4.79 Å². The van der Waals surface area contributed by atoms with Crippen LogP contribution in [-0.4, -0.2) is 163 Å². The van der Waals surface area contributed by atoms with Crippen LogP contribution in [0.1, 0.15) is 142 Å². The smallest absolute Gasteiger partial charge is 0.326 e. The molecule has 0 saturated heterocycles. The summed E-state index contributed by atoms with van der Waals surface area (Å²) in [7, 11) is 4.79. The van der Waals surface area contributed by atoms with Crippen LogP contribution < -0.4 is 0 Å². The Morgan fingerprint density at radius 2 is 1.07 bits per heavy atom. The zero-order chi connectivity index (χ0) is 44.4. The Hall–Kier alpha value is -3.54. The number of carbonyl (C=O) groups is 5. The maximum Gasteiger partial charge on any atom is 0.326 e. The second-order valence-corrected chi connectivity index (χ2v) is 16.7. The first-order chi connectivity index (χ1) is 28.7. The highest BCUT2D eigenvalue weighted by Crippen LogP contribution is 2.16. The highest BCUT2D eigenvalue weighted by molar-refractivity contribution is 5.85. The summed E-state index contributed by atoms with van der Waals surface area (Å²) >= 11 is 0. The summed E-state index contributed by atoms with van der Waals surface area (Å²) in [4.78, 5) is 65.9. The van der Waals surface area contributed by atoms with Crippen molar-refractivity contribution in [2.24, 2.45) is 5.41 Å². The van der Waals surface area contributed by atoms with Crippen molar-refractivity contribution >= 4 is 29.5 Å². The molecule has 1 rings (SSSR count). The molecule has 2 N–H and O–H groups in total. The largest absolute Gasteiger partial charge is 0.480 e. The van der Waals surface area contributed by atoms with E-state index in [2.05, 4.69) is 20.6 Å². The lowest BCUT2D eigenvalue weighted by Gasteiger charge is -2.26. The SMILES string of the molecule is CN(CCOCCOCC(=O)N(C)CCOCCOCC(=O)C(C)(C)C)C(=O)CC[C@@H](C(=O)O)N(C)C(=O)CCCCCCCCCCCCCCCCCc1nn[nH]n1. The van der Waals surface area contributed by atoms with Crippen molar-refractivity contribution < 1.29 is 48.0 Å². The van der Waals surface area contributed by atoms with Gasteiger partial charge in [-0.05, 0) is 19.3 Å². The molecule has 346 valence electrons. The van der Waals surface area contributed by atoms with Crippen molar-refractivity contribution in [1.82, 2.24) is 35.3 Å². The summed E-state index contributed by atoms with van der Waals surface area (Å²) in [6.45, 7) is 7.81. The highest BCUT2D eigenvalue weighted by atomic mass is 16.5. The molecule has 17 nitrogen and oxygen atoms in total. The molecule has 0 aliphatic heterocycles. The van der Waals surface area contributed by atoms with Crippen LogP contribution in [-0.2, 0) is 49.3 Å². The van der Waals surface area contributed by atoms with Crippen molar-refractivity contribution in [3.8, 4) is 0 Å². The molecule has 0 bridgehead atoms. The van der Waals surface area contributed by atoms with Gasteiger partial charge in [-0.1, -0.05) is 109 Å². The molecule has 0 saturated carbocycles. The van der Waals surface area contributed by atoms with Gasteiger partial charge in [0.15, 0.2) is 11.6 Å². The summed E-state index contributed by atoms with van der Waals surface area (Å²) in [5.74, 6) is -0.938. The lowest BCUT2D eigenvalue weighted by Crippen LogP contribution is -2.43. The molecule has 0 fully saturated rings. The zero-order valence-electron chi connectivity index (χ0n) is 37.9. The molecule has 0 spiro atoms. The number of Topliss-reactive ketones (excluding diaryl/α,β-unsaturated/α-hetero) is 1. The first-order valence-corrected chi connectivity index (χ1v) is 22.3. The average molecular weight is 854 g/mol. The molecular formula is C43H79N7O10. The van der Waals surface area contributed by atoms with Gasteiger partial charge < -0.3 is 38.8 Å². The summed E-state index contributed by atoms with van der Waals surface area (Å²) in [5, 5.41) is 23.8. The van der Waals surface area contributed by atoms with Gasteiger partial charge >= 0.3 is 5.97 Å². The van der Waals surface area contributed by atoms with Crippen LogP contribution >= 0.6 is 0 Å². The topological polar surface area (TPSA) is 207 Å². The summed E-state index contributed by atoms with van der Waals surface area (Å²) in [6.07, 6.45) is 19.0. The molecule has 1 heterocycles. The standard InChI is InChI=1S/C43H79N7O10/c1-43(2,3)37(51)34-59-32-30-58-29-27-49(5)41(54)35-60-33-31-57-28-26-48(4)39(52)25-24-36(42(55)56)50(6)40(53)23-21-19-17-15-13-11-9-7-8-10-12-14-16-18-20-22-38-44-46-47-45-38/h36H,7-35H2,1-6H3,(H,55,56)(H,44,45,46,47)/t36-/m0/s1. The number of amides is 3. The van der Waals surface area contributed by atoms with Crippen LogP contribution in [0.2, 0.25) is 0 Å². The first kappa shape index (κ1) is 54.5. The number of hydrogen-bond acceptors (Lipinski definition) is 12. The van der Waals surface area contributed by atoms with Gasteiger partial charge in [-0.3, -0.25) is 19.2 Å². The molecule has 1 aromatic rings. The fourth-order valence-electron chi connectivity index (χ4n) is 6.17. The lowest BCUT2D eigenvalue weighted by atomic mass is 9.91. The van der Waals surface area contributed by atoms with E-state index in [1.165, 1.54) is 86.0 Å². The van der Waals surface area contributed by atoms with Crippen LogP contribution in [0.4, 0.5) is 0 Å². The number of nitrogens with zero attached hydrogens (tertiary/aromatic N) is 6. The van der Waals surface area contributed by atoms with Gasteiger partial charge in [0.05, 0.1) is 39.6 Å². The van der Waals surface area contributed by atoms with E-state index in [9.17, 15) is 29.1 Å². The number of ketones is 1. The van der Waals surface area contributed by atoms with Crippen molar-refractivity contribution in [1.29, 1.82) is 0 Å². The zero-order valence-corrected chi connectivity index (χ0v) is 37.9. The number of hydrogen-bond donors (Lipinski definition) is 2. The van der Waals surface area contributed by atoms with Gasteiger partial charge in [0, 0.05) is 58.9 Å². The molecule has 1 aromatic heterocycles. The molecule has 0 aromatic carbocycles. The Morgan fingerprint density at radius 3 is 1.55 bits per heavy atom. The van der Waals surface area contributed by atoms with Crippen LogP contribution in [0, 0.1) is 5.41 Å². The van der Waals surface area contributed by atoms with Gasteiger partial charge in [0.1, 0.15) is 19.3 Å². The van der Waals surface area contributed by atoms with Crippen LogP contribution in [0.3, 0.4) is 0 Å². The lowest BCUT2D eigenvalue weighted by molar-refractivity contribution is -0.149. The van der Waals surface area contributed by atoms with E-state index in [1.807, 2.05) is 20.8 Å². The molecule has 0 unspecified atom stereocenters. The minimum absolute atomic E-state index is 0.00843. The average Bonchev–Trinajstić information content (AvgIpc) is 3.73. The number of H-pyrrole nitrogens is 1. The second-order valence-electron chi connectivity index (χ2n) is 16.7. The Morgan fingerprint density at radius 1 is 0.600 bits per heavy atom. The predicted octanol–water partition coefficient (Wildman–Crippen LogP) is 5.27. The number of aryl methyl sites for hydroxylation is 1. The third-order valence-corrected chi connectivity index (χ3v) is 10.5. The highest BCUT2D eigenvalue weighted by Gasteiger charge is 2.27. The van der Waals surface area contributed by atoms with Crippen LogP contribution in [0.15, 0.2) is 0 Å². The third-order valence-electron chi connectivity index (χ3n) is 10.5. The van der Waals surface area contributed by atoms with Gasteiger partial charge in [-0.15, -0.1) is 10.2 Å². The molecule has 0 radical (unpaired) electrons. The predicted molar refractivity (Wildman–Crippen MR) is 228 cm³/mol. The van der Waals surface area contributed by atoms with Crippen molar-refractivity contribution in [2.75, 3.05) is 87.1 Å². The van der Waals surface area contributed by atoms with Crippen molar-refractivity contribution in [3.63, 3.8) is 0 Å². The van der Waals surface area contributed by atoms with Crippen molar-refractivity contribution in [3.05, 3.63) is 5.82 Å². The number of rotatable bonds is 39. The van der Waals surface area contributed by atoms with E-state index in [1.54, 1.807) is 14.1 Å². The maximum atomic E-state index is 12.8. The van der Waals surface area contributed by atoms with E-state index in [0.29, 0.717) is 39.3 Å². The first-order valence-electron chi connectivity index (χ1n) is 22.3. The molecule has 0 aliphatic carbocycles. The quantitative estimate of drug-likeness (QED) is 0.0811. The Bertz CT molecular complexity index is 1300. The number of carboxylic acids is 1. The monoisotopic (exact) mass is 854 g/mol. The van der Waals surface area contributed by atoms with Gasteiger partial charge in [0.25, 0.3) is 0 Å². The normalized spacial score (nSPS) is 12.0. The summed E-state index contributed by atoms with van der Waals surface area (Å²) in [5.41, 5.74) is -0.435. The maximum absolute atomic E-state index is 12.8. The van der Waals surface area contributed by atoms with Crippen molar-refractivity contribution in [2.45, 2.75) is 149 Å². The Kier molecular flexibility index (Phi) is 31.0. The second kappa shape index (κ2) is 34.1. The van der Waals surface area contributed by atoms with Crippen LogP contribution in [0.25, 0.3) is 0 Å². The number of aromatic amines is 1. The van der Waals surface area contributed by atoms with Crippen LogP contribution in [0.5, 0.6) is 0 Å².